The first kappa shape index (κ1) is 21.1. The molecule has 2 rings (SSSR count). The highest BCUT2D eigenvalue weighted by molar-refractivity contribution is 14.0. The van der Waals surface area contributed by atoms with E-state index in [1.807, 2.05) is 31.1 Å². The molecule has 136 valence electrons. The van der Waals surface area contributed by atoms with E-state index in [0.29, 0.717) is 6.54 Å². The summed E-state index contributed by atoms with van der Waals surface area (Å²) in [6.45, 7) is 1.39. The maximum absolute atomic E-state index is 12.9. The second kappa shape index (κ2) is 10.9. The number of pyridine rings is 1. The van der Waals surface area contributed by atoms with Gasteiger partial charge in [0.1, 0.15) is 11.6 Å². The van der Waals surface area contributed by atoms with E-state index >= 15 is 0 Å². The zero-order chi connectivity index (χ0) is 17.4. The highest BCUT2D eigenvalue weighted by Crippen LogP contribution is 2.09. The van der Waals surface area contributed by atoms with Crippen LogP contribution in [0.5, 0.6) is 0 Å². The molecule has 0 atom stereocenters. The van der Waals surface area contributed by atoms with E-state index in [2.05, 4.69) is 20.6 Å². The van der Waals surface area contributed by atoms with Gasteiger partial charge in [0.2, 0.25) is 0 Å². The quantitative estimate of drug-likeness (QED) is 0.398. The summed E-state index contributed by atoms with van der Waals surface area (Å²) in [7, 11) is 5.68. The minimum Gasteiger partial charge on any atom is -0.363 e. The predicted molar refractivity (Wildman–Crippen MR) is 112 cm³/mol. The van der Waals surface area contributed by atoms with E-state index in [4.69, 9.17) is 0 Å². The average molecular weight is 457 g/mol. The average Bonchev–Trinajstić information content (AvgIpc) is 2.59. The lowest BCUT2D eigenvalue weighted by molar-refractivity contribution is 0.626. The smallest absolute Gasteiger partial charge is 0.191 e. The first-order valence-electron chi connectivity index (χ1n) is 7.89. The SMILES string of the molecule is CN=C(NCCc1ccc(F)cc1)NCc1ccnc(N(C)C)c1.I. The Morgan fingerprint density at radius 3 is 2.48 bits per heavy atom. The summed E-state index contributed by atoms with van der Waals surface area (Å²) in [6.07, 6.45) is 2.61. The van der Waals surface area contributed by atoms with Crippen LogP contribution in [0.4, 0.5) is 10.2 Å². The topological polar surface area (TPSA) is 52.6 Å². The molecular formula is C18H25FIN5. The third-order valence-corrected chi connectivity index (χ3v) is 3.57. The third-order valence-electron chi connectivity index (χ3n) is 3.57. The summed E-state index contributed by atoms with van der Waals surface area (Å²) in [6, 6.07) is 10.6. The molecule has 0 saturated carbocycles. The molecule has 0 saturated heterocycles. The third kappa shape index (κ3) is 7.25. The van der Waals surface area contributed by atoms with Gasteiger partial charge in [0.15, 0.2) is 5.96 Å². The molecule has 0 amide bonds. The number of hydrogen-bond acceptors (Lipinski definition) is 3. The molecule has 2 N–H and O–H groups in total. The van der Waals surface area contributed by atoms with Gasteiger partial charge in [-0.2, -0.15) is 0 Å². The van der Waals surface area contributed by atoms with Crippen molar-refractivity contribution in [3.63, 3.8) is 0 Å². The first-order valence-corrected chi connectivity index (χ1v) is 7.89. The van der Waals surface area contributed by atoms with Gasteiger partial charge in [-0.05, 0) is 41.8 Å². The monoisotopic (exact) mass is 457 g/mol. The molecule has 5 nitrogen and oxygen atoms in total. The fourth-order valence-electron chi connectivity index (χ4n) is 2.20. The fraction of sp³-hybridized carbons (Fsp3) is 0.333. The van der Waals surface area contributed by atoms with Gasteiger partial charge in [-0.1, -0.05) is 12.1 Å². The highest BCUT2D eigenvalue weighted by atomic mass is 127. The van der Waals surface area contributed by atoms with Crippen molar-refractivity contribution in [1.82, 2.24) is 15.6 Å². The number of nitrogens with zero attached hydrogens (tertiary/aromatic N) is 3. The normalized spacial score (nSPS) is 10.8. The number of nitrogens with one attached hydrogen (secondary N) is 2. The Morgan fingerprint density at radius 2 is 1.84 bits per heavy atom. The number of rotatable bonds is 6. The molecule has 1 aromatic heterocycles. The van der Waals surface area contributed by atoms with Gasteiger partial charge < -0.3 is 15.5 Å². The van der Waals surface area contributed by atoms with Crippen LogP contribution in [-0.2, 0) is 13.0 Å². The van der Waals surface area contributed by atoms with Crippen molar-refractivity contribution in [1.29, 1.82) is 0 Å². The van der Waals surface area contributed by atoms with E-state index in [1.165, 1.54) is 12.1 Å². The van der Waals surface area contributed by atoms with Crippen molar-refractivity contribution >= 4 is 35.8 Å². The van der Waals surface area contributed by atoms with Crippen molar-refractivity contribution in [3.05, 3.63) is 59.5 Å². The summed E-state index contributed by atoms with van der Waals surface area (Å²) in [5, 5.41) is 6.54. The maximum Gasteiger partial charge on any atom is 0.191 e. The van der Waals surface area contributed by atoms with Crippen molar-refractivity contribution in [2.75, 3.05) is 32.6 Å². The minimum atomic E-state index is -0.210. The van der Waals surface area contributed by atoms with Gasteiger partial charge in [0, 0.05) is 40.4 Å². The van der Waals surface area contributed by atoms with Crippen LogP contribution >= 0.6 is 24.0 Å². The van der Waals surface area contributed by atoms with Crippen LogP contribution in [0.25, 0.3) is 0 Å². The van der Waals surface area contributed by atoms with Gasteiger partial charge in [-0.25, -0.2) is 9.37 Å². The number of anilines is 1. The van der Waals surface area contributed by atoms with Crippen molar-refractivity contribution in [2.45, 2.75) is 13.0 Å². The Bertz CT molecular complexity index is 673. The number of halogens is 2. The molecule has 0 aliphatic carbocycles. The Kier molecular flexibility index (Phi) is 9.18. The Morgan fingerprint density at radius 1 is 1.12 bits per heavy atom. The molecular weight excluding hydrogens is 432 g/mol. The standard InChI is InChI=1S/C18H24FN5.HI/c1-20-18(22-11-8-14-4-6-16(19)7-5-14)23-13-15-9-10-21-17(12-15)24(2)3;/h4-7,9-10,12H,8,11,13H2,1-3H3,(H2,20,22,23);1H. The second-order valence-corrected chi connectivity index (χ2v) is 5.65. The summed E-state index contributed by atoms with van der Waals surface area (Å²) in [5.74, 6) is 1.45. The Hall–Kier alpha value is -1.90. The van der Waals surface area contributed by atoms with Crippen molar-refractivity contribution in [2.24, 2.45) is 4.99 Å². The van der Waals surface area contributed by atoms with Gasteiger partial charge >= 0.3 is 0 Å². The van der Waals surface area contributed by atoms with E-state index < -0.39 is 0 Å². The van der Waals surface area contributed by atoms with Crippen molar-refractivity contribution < 1.29 is 4.39 Å². The fourth-order valence-corrected chi connectivity index (χ4v) is 2.20. The van der Waals surface area contributed by atoms with Crippen LogP contribution < -0.4 is 15.5 Å². The molecule has 1 heterocycles. The van der Waals surface area contributed by atoms with E-state index in [9.17, 15) is 4.39 Å². The van der Waals surface area contributed by atoms with E-state index in [0.717, 1.165) is 35.9 Å². The molecule has 25 heavy (non-hydrogen) atoms. The molecule has 0 spiro atoms. The number of guanidine groups is 1. The minimum absolute atomic E-state index is 0. The number of benzene rings is 1. The maximum atomic E-state index is 12.9. The van der Waals surface area contributed by atoms with Gasteiger partial charge in [0.25, 0.3) is 0 Å². The zero-order valence-electron chi connectivity index (χ0n) is 14.8. The van der Waals surface area contributed by atoms with Crippen LogP contribution in [0, 0.1) is 5.82 Å². The zero-order valence-corrected chi connectivity index (χ0v) is 17.1. The lowest BCUT2D eigenvalue weighted by atomic mass is 10.1. The lowest BCUT2D eigenvalue weighted by Crippen LogP contribution is -2.37. The van der Waals surface area contributed by atoms with E-state index in [1.54, 1.807) is 25.4 Å². The second-order valence-electron chi connectivity index (χ2n) is 5.65. The summed E-state index contributed by atoms with van der Waals surface area (Å²) >= 11 is 0. The summed E-state index contributed by atoms with van der Waals surface area (Å²) in [4.78, 5) is 10.5. The van der Waals surface area contributed by atoms with Crippen LogP contribution in [0.1, 0.15) is 11.1 Å². The molecule has 0 bridgehead atoms. The highest BCUT2D eigenvalue weighted by Gasteiger charge is 2.02. The molecule has 0 fully saturated rings. The number of hydrogen-bond donors (Lipinski definition) is 2. The van der Waals surface area contributed by atoms with Gasteiger partial charge in [-0.3, -0.25) is 4.99 Å². The molecule has 0 aliphatic rings. The molecule has 2 aromatic rings. The molecule has 0 radical (unpaired) electrons. The lowest BCUT2D eigenvalue weighted by Gasteiger charge is -2.14. The van der Waals surface area contributed by atoms with Crippen molar-refractivity contribution in [3.8, 4) is 0 Å². The number of aromatic nitrogens is 1. The van der Waals surface area contributed by atoms with Crippen LogP contribution in [0.2, 0.25) is 0 Å². The molecule has 1 aromatic carbocycles. The van der Waals surface area contributed by atoms with Crippen LogP contribution in [0.3, 0.4) is 0 Å². The van der Waals surface area contributed by atoms with Crippen LogP contribution in [0.15, 0.2) is 47.6 Å². The van der Waals surface area contributed by atoms with Gasteiger partial charge in [-0.15, -0.1) is 24.0 Å². The van der Waals surface area contributed by atoms with Gasteiger partial charge in [0.05, 0.1) is 0 Å². The first-order chi connectivity index (χ1) is 11.6. The summed E-state index contributed by atoms with van der Waals surface area (Å²) < 4.78 is 12.9. The molecule has 7 heteroatoms. The van der Waals surface area contributed by atoms with E-state index in [-0.39, 0.29) is 29.8 Å². The molecule has 0 unspecified atom stereocenters. The number of aliphatic imine (C=N–C) groups is 1. The predicted octanol–water partition coefficient (Wildman–Crippen LogP) is 2.81. The van der Waals surface area contributed by atoms with Crippen LogP contribution in [-0.4, -0.2) is 38.6 Å². The Labute approximate surface area is 165 Å². The largest absolute Gasteiger partial charge is 0.363 e. The summed E-state index contributed by atoms with van der Waals surface area (Å²) in [5.41, 5.74) is 2.22. The Balaban J connectivity index is 0.00000312. The molecule has 0 aliphatic heterocycles.